The third-order valence-corrected chi connectivity index (χ3v) is 5.23. The maximum Gasteiger partial charge on any atom is 0.227 e. The van der Waals surface area contributed by atoms with Crippen LogP contribution in [0.25, 0.3) is 0 Å². The van der Waals surface area contributed by atoms with Gasteiger partial charge in [0.05, 0.1) is 0 Å². The Morgan fingerprint density at radius 1 is 1.40 bits per heavy atom. The van der Waals surface area contributed by atoms with Crippen LogP contribution in [-0.4, -0.2) is 28.6 Å². The molecule has 2 heterocycles. The number of aryl methyl sites for hydroxylation is 1. The number of carbonyl (C=O) groups is 2. The molecule has 25 heavy (non-hydrogen) atoms. The lowest BCUT2D eigenvalue weighted by Crippen LogP contribution is -2.24. The van der Waals surface area contributed by atoms with Crippen LogP contribution in [0.5, 0.6) is 0 Å². The highest BCUT2D eigenvalue weighted by Crippen LogP contribution is 2.34. The van der Waals surface area contributed by atoms with Gasteiger partial charge in [0.25, 0.3) is 0 Å². The third kappa shape index (κ3) is 4.22. The van der Waals surface area contributed by atoms with Crippen molar-refractivity contribution in [2.24, 2.45) is 0 Å². The van der Waals surface area contributed by atoms with Gasteiger partial charge in [-0.05, 0) is 31.0 Å². The highest BCUT2D eigenvalue weighted by molar-refractivity contribution is 7.15. The first-order valence-corrected chi connectivity index (χ1v) is 9.38. The summed E-state index contributed by atoms with van der Waals surface area (Å²) in [5.74, 6) is 0.0829. The second-order valence-corrected chi connectivity index (χ2v) is 7.35. The van der Waals surface area contributed by atoms with Crippen LogP contribution in [0.3, 0.4) is 0 Å². The Morgan fingerprint density at radius 2 is 2.24 bits per heavy atom. The summed E-state index contributed by atoms with van der Waals surface area (Å²) < 4.78 is 0. The topological polar surface area (TPSA) is 75.2 Å². The van der Waals surface area contributed by atoms with E-state index in [4.69, 9.17) is 0 Å². The molecule has 0 saturated carbocycles. The first-order chi connectivity index (χ1) is 12.1. The standard InChI is InChI=1S/C18H22N4O2S/c1-3-4-8-15(23)19-18-21-20-17(25-18)13-10-16(24)22(11-13)14-7-5-6-12(2)9-14/h5-7,9,13H,3-4,8,10-11H2,1-2H3,(H,19,21,23). The Bertz CT molecular complexity index is 774. The molecule has 0 bridgehead atoms. The zero-order valence-corrected chi connectivity index (χ0v) is 15.3. The molecule has 132 valence electrons. The summed E-state index contributed by atoms with van der Waals surface area (Å²) >= 11 is 1.36. The molecule has 1 atom stereocenters. The van der Waals surface area contributed by atoms with E-state index in [0.717, 1.165) is 29.1 Å². The van der Waals surface area contributed by atoms with Crippen LogP contribution in [0, 0.1) is 6.92 Å². The Hall–Kier alpha value is -2.28. The van der Waals surface area contributed by atoms with Crippen molar-refractivity contribution in [1.82, 2.24) is 10.2 Å². The molecule has 1 unspecified atom stereocenters. The van der Waals surface area contributed by atoms with Gasteiger partial charge in [0.15, 0.2) is 0 Å². The van der Waals surface area contributed by atoms with Crippen molar-refractivity contribution >= 4 is 34.0 Å². The van der Waals surface area contributed by atoms with Gasteiger partial charge in [-0.15, -0.1) is 10.2 Å². The van der Waals surface area contributed by atoms with E-state index in [1.165, 1.54) is 11.3 Å². The van der Waals surface area contributed by atoms with Crippen molar-refractivity contribution < 1.29 is 9.59 Å². The summed E-state index contributed by atoms with van der Waals surface area (Å²) in [4.78, 5) is 26.0. The molecule has 1 aliphatic heterocycles. The number of carbonyl (C=O) groups excluding carboxylic acids is 2. The highest BCUT2D eigenvalue weighted by Gasteiger charge is 2.34. The zero-order valence-electron chi connectivity index (χ0n) is 14.5. The van der Waals surface area contributed by atoms with Gasteiger partial charge in [0, 0.05) is 31.0 Å². The maximum absolute atomic E-state index is 12.4. The van der Waals surface area contributed by atoms with Crippen LogP contribution < -0.4 is 10.2 Å². The minimum atomic E-state index is -0.0339. The lowest BCUT2D eigenvalue weighted by molar-refractivity contribution is -0.117. The molecule has 3 rings (SSSR count). The van der Waals surface area contributed by atoms with E-state index in [1.54, 1.807) is 4.90 Å². The molecule has 2 amide bonds. The van der Waals surface area contributed by atoms with Crippen molar-refractivity contribution in [2.75, 3.05) is 16.8 Å². The summed E-state index contributed by atoms with van der Waals surface area (Å²) in [6, 6.07) is 7.94. The normalized spacial score (nSPS) is 17.1. The molecular weight excluding hydrogens is 336 g/mol. The molecule has 1 fully saturated rings. The summed E-state index contributed by atoms with van der Waals surface area (Å²) in [5, 5.41) is 12.3. The van der Waals surface area contributed by atoms with E-state index in [-0.39, 0.29) is 17.7 Å². The molecule has 1 aromatic heterocycles. The van der Waals surface area contributed by atoms with Crippen LogP contribution in [0.15, 0.2) is 24.3 Å². The van der Waals surface area contributed by atoms with E-state index in [2.05, 4.69) is 15.5 Å². The Kier molecular flexibility index (Phi) is 5.43. The van der Waals surface area contributed by atoms with E-state index >= 15 is 0 Å². The van der Waals surface area contributed by atoms with E-state index in [1.807, 2.05) is 38.1 Å². The number of aromatic nitrogens is 2. The molecule has 0 radical (unpaired) electrons. The fourth-order valence-corrected chi connectivity index (χ4v) is 3.74. The average molecular weight is 358 g/mol. The van der Waals surface area contributed by atoms with Gasteiger partial charge in [-0.2, -0.15) is 0 Å². The first-order valence-electron chi connectivity index (χ1n) is 8.57. The number of unbranched alkanes of at least 4 members (excludes halogenated alkanes) is 1. The maximum atomic E-state index is 12.4. The molecule has 1 saturated heterocycles. The third-order valence-electron chi connectivity index (χ3n) is 4.23. The molecular formula is C18H22N4O2S. The number of anilines is 2. The second-order valence-electron chi connectivity index (χ2n) is 6.34. The number of nitrogens with zero attached hydrogens (tertiary/aromatic N) is 3. The zero-order chi connectivity index (χ0) is 17.8. The summed E-state index contributed by atoms with van der Waals surface area (Å²) in [6.07, 6.45) is 2.76. The van der Waals surface area contributed by atoms with Crippen molar-refractivity contribution in [3.8, 4) is 0 Å². The van der Waals surface area contributed by atoms with Crippen LogP contribution in [-0.2, 0) is 9.59 Å². The van der Waals surface area contributed by atoms with Crippen LogP contribution in [0.1, 0.15) is 49.1 Å². The number of hydrogen-bond donors (Lipinski definition) is 1. The minimum absolute atomic E-state index is 0.0202. The summed E-state index contributed by atoms with van der Waals surface area (Å²) in [6.45, 7) is 4.66. The average Bonchev–Trinajstić information content (AvgIpc) is 3.19. The lowest BCUT2D eigenvalue weighted by atomic mass is 10.1. The number of hydrogen-bond acceptors (Lipinski definition) is 5. The summed E-state index contributed by atoms with van der Waals surface area (Å²) in [7, 11) is 0. The fourth-order valence-electron chi connectivity index (χ4n) is 2.89. The predicted octanol–water partition coefficient (Wildman–Crippen LogP) is 3.50. The van der Waals surface area contributed by atoms with Gasteiger partial charge < -0.3 is 10.2 Å². The van der Waals surface area contributed by atoms with Crippen LogP contribution in [0.4, 0.5) is 10.8 Å². The van der Waals surface area contributed by atoms with E-state index in [0.29, 0.717) is 24.5 Å². The molecule has 1 aromatic carbocycles. The monoisotopic (exact) mass is 358 g/mol. The predicted molar refractivity (Wildman–Crippen MR) is 99.0 cm³/mol. The van der Waals surface area contributed by atoms with Crippen molar-refractivity contribution in [2.45, 2.75) is 45.4 Å². The minimum Gasteiger partial charge on any atom is -0.312 e. The first kappa shape index (κ1) is 17.5. The molecule has 1 aliphatic rings. The van der Waals surface area contributed by atoms with Gasteiger partial charge in [0.2, 0.25) is 16.9 Å². The van der Waals surface area contributed by atoms with Crippen molar-refractivity contribution in [1.29, 1.82) is 0 Å². The molecule has 1 N–H and O–H groups in total. The molecule has 7 heteroatoms. The molecule has 6 nitrogen and oxygen atoms in total. The molecule has 0 aliphatic carbocycles. The smallest absolute Gasteiger partial charge is 0.227 e. The lowest BCUT2D eigenvalue weighted by Gasteiger charge is -2.16. The quantitative estimate of drug-likeness (QED) is 0.857. The van der Waals surface area contributed by atoms with Crippen molar-refractivity contribution in [3.63, 3.8) is 0 Å². The Morgan fingerprint density at radius 3 is 3.00 bits per heavy atom. The van der Waals surface area contributed by atoms with Crippen molar-refractivity contribution in [3.05, 3.63) is 34.8 Å². The number of amides is 2. The second kappa shape index (κ2) is 7.74. The van der Waals surface area contributed by atoms with Crippen LogP contribution >= 0.6 is 11.3 Å². The number of benzene rings is 1. The van der Waals surface area contributed by atoms with Crippen LogP contribution in [0.2, 0.25) is 0 Å². The van der Waals surface area contributed by atoms with E-state index < -0.39 is 0 Å². The summed E-state index contributed by atoms with van der Waals surface area (Å²) in [5.41, 5.74) is 2.05. The highest BCUT2D eigenvalue weighted by atomic mass is 32.1. The SMILES string of the molecule is CCCCC(=O)Nc1nnc(C2CC(=O)N(c3cccc(C)c3)C2)s1. The van der Waals surface area contributed by atoms with Gasteiger partial charge in [-0.3, -0.25) is 9.59 Å². The van der Waals surface area contributed by atoms with Gasteiger partial charge in [0.1, 0.15) is 5.01 Å². The largest absolute Gasteiger partial charge is 0.312 e. The Balaban J connectivity index is 1.66. The van der Waals surface area contributed by atoms with Gasteiger partial charge in [-0.25, -0.2) is 0 Å². The number of nitrogens with one attached hydrogen (secondary N) is 1. The fraction of sp³-hybridized carbons (Fsp3) is 0.444. The number of rotatable bonds is 6. The van der Waals surface area contributed by atoms with E-state index in [9.17, 15) is 9.59 Å². The van der Waals surface area contributed by atoms with Gasteiger partial charge >= 0.3 is 0 Å². The van der Waals surface area contributed by atoms with Gasteiger partial charge in [-0.1, -0.05) is 36.8 Å². The molecule has 2 aromatic rings. The molecule has 0 spiro atoms. The Labute approximate surface area is 151 Å².